The fraction of sp³-hybridized carbons (Fsp3) is 0.750. The summed E-state index contributed by atoms with van der Waals surface area (Å²) in [5.74, 6) is 1.53. The number of hydrogen-bond donors (Lipinski definition) is 3. The molecule has 3 N–H and O–H groups in total. The van der Waals surface area contributed by atoms with Crippen molar-refractivity contribution < 1.29 is 4.79 Å². The van der Waals surface area contributed by atoms with E-state index in [1.165, 1.54) is 37.8 Å². The molecule has 1 aromatic rings. The Bertz CT molecular complexity index is 610. The molecule has 1 amide bonds. The van der Waals surface area contributed by atoms with Crippen LogP contribution in [0.1, 0.15) is 56.3 Å². The minimum Gasteiger partial charge on any atom is -0.356 e. The average molecular weight is 504 g/mol. The lowest BCUT2D eigenvalue weighted by molar-refractivity contribution is -0.122. The standard InChI is InChI=1S/C20H36N6O.HI/c1-16-14-17(2)26(25-16)13-7-10-23-20(21-3)24-12-11-22-19(27)15-18-8-5-4-6-9-18;/h14,18H,4-13,15H2,1-3H3,(H,22,27)(H2,21,23,24);1H. The summed E-state index contributed by atoms with van der Waals surface area (Å²) in [6.07, 6.45) is 7.96. The summed E-state index contributed by atoms with van der Waals surface area (Å²) in [7, 11) is 1.76. The Morgan fingerprint density at radius 2 is 1.82 bits per heavy atom. The first-order chi connectivity index (χ1) is 13.1. The van der Waals surface area contributed by atoms with Crippen LogP contribution in [-0.4, -0.2) is 48.3 Å². The molecule has 1 aliphatic rings. The second-order valence-electron chi connectivity index (χ2n) is 7.49. The van der Waals surface area contributed by atoms with Gasteiger partial charge in [0, 0.05) is 45.3 Å². The van der Waals surface area contributed by atoms with Crippen LogP contribution in [0.25, 0.3) is 0 Å². The van der Waals surface area contributed by atoms with E-state index in [2.05, 4.69) is 39.0 Å². The number of rotatable bonds is 9. The van der Waals surface area contributed by atoms with Gasteiger partial charge in [-0.25, -0.2) is 0 Å². The normalized spacial score (nSPS) is 15.0. The minimum atomic E-state index is 0. The molecule has 0 saturated heterocycles. The number of nitrogens with zero attached hydrogens (tertiary/aromatic N) is 3. The molecule has 2 rings (SSSR count). The summed E-state index contributed by atoms with van der Waals surface area (Å²) in [5, 5.41) is 14.0. The average Bonchev–Trinajstić information content (AvgIpc) is 2.98. The molecule has 7 nitrogen and oxygen atoms in total. The fourth-order valence-corrected chi connectivity index (χ4v) is 3.67. The van der Waals surface area contributed by atoms with E-state index >= 15 is 0 Å². The monoisotopic (exact) mass is 504 g/mol. The number of carbonyl (C=O) groups is 1. The van der Waals surface area contributed by atoms with E-state index in [0.717, 1.165) is 31.2 Å². The van der Waals surface area contributed by atoms with E-state index in [0.29, 0.717) is 25.4 Å². The molecular weight excluding hydrogens is 467 g/mol. The van der Waals surface area contributed by atoms with E-state index in [9.17, 15) is 4.79 Å². The Labute approximate surface area is 186 Å². The Hall–Kier alpha value is -1.32. The van der Waals surface area contributed by atoms with Crippen molar-refractivity contribution in [1.29, 1.82) is 0 Å². The van der Waals surface area contributed by atoms with E-state index in [-0.39, 0.29) is 29.9 Å². The highest BCUT2D eigenvalue weighted by molar-refractivity contribution is 14.0. The molecule has 0 aromatic carbocycles. The Balaban J connectivity index is 0.00000392. The van der Waals surface area contributed by atoms with Crippen molar-refractivity contribution in [2.45, 2.75) is 65.3 Å². The highest BCUT2D eigenvalue weighted by Gasteiger charge is 2.16. The zero-order chi connectivity index (χ0) is 19.5. The van der Waals surface area contributed by atoms with E-state index < -0.39 is 0 Å². The van der Waals surface area contributed by atoms with Crippen LogP contribution in [0.3, 0.4) is 0 Å². The van der Waals surface area contributed by atoms with Crippen molar-refractivity contribution in [2.75, 3.05) is 26.7 Å². The van der Waals surface area contributed by atoms with Gasteiger partial charge in [0.2, 0.25) is 5.91 Å². The summed E-state index contributed by atoms with van der Waals surface area (Å²) in [5.41, 5.74) is 2.25. The number of aliphatic imine (C=N–C) groups is 1. The van der Waals surface area contributed by atoms with Gasteiger partial charge in [-0.1, -0.05) is 19.3 Å². The zero-order valence-corrected chi connectivity index (χ0v) is 19.9. The summed E-state index contributed by atoms with van der Waals surface area (Å²) in [6, 6.07) is 2.09. The highest BCUT2D eigenvalue weighted by atomic mass is 127. The largest absolute Gasteiger partial charge is 0.356 e. The summed E-state index contributed by atoms with van der Waals surface area (Å²) < 4.78 is 2.04. The van der Waals surface area contributed by atoms with Crippen molar-refractivity contribution in [3.8, 4) is 0 Å². The van der Waals surface area contributed by atoms with Gasteiger partial charge in [0.05, 0.1) is 5.69 Å². The molecule has 1 fully saturated rings. The Morgan fingerprint density at radius 3 is 2.46 bits per heavy atom. The quantitative estimate of drug-likeness (QED) is 0.209. The van der Waals surface area contributed by atoms with Gasteiger partial charge in [-0.15, -0.1) is 24.0 Å². The molecule has 1 aliphatic carbocycles. The van der Waals surface area contributed by atoms with Gasteiger partial charge in [0.15, 0.2) is 5.96 Å². The maximum atomic E-state index is 12.0. The SMILES string of the molecule is CN=C(NCCCn1nc(C)cc1C)NCCNC(=O)CC1CCCCC1.I. The first-order valence-corrected chi connectivity index (χ1v) is 10.3. The van der Waals surface area contributed by atoms with Crippen LogP contribution >= 0.6 is 24.0 Å². The molecule has 1 heterocycles. The van der Waals surface area contributed by atoms with Crippen LogP contribution in [0.4, 0.5) is 0 Å². The maximum Gasteiger partial charge on any atom is 0.220 e. The third-order valence-corrected chi connectivity index (χ3v) is 5.10. The molecule has 0 aliphatic heterocycles. The van der Waals surface area contributed by atoms with Crippen LogP contribution in [0.2, 0.25) is 0 Å². The van der Waals surface area contributed by atoms with Crippen LogP contribution in [-0.2, 0) is 11.3 Å². The third kappa shape index (κ3) is 9.25. The first-order valence-electron chi connectivity index (χ1n) is 10.3. The minimum absolute atomic E-state index is 0. The van der Waals surface area contributed by atoms with Crippen LogP contribution in [0.5, 0.6) is 0 Å². The molecule has 160 valence electrons. The van der Waals surface area contributed by atoms with Crippen molar-refractivity contribution >= 4 is 35.8 Å². The second kappa shape index (κ2) is 13.8. The fourth-order valence-electron chi connectivity index (χ4n) is 3.67. The number of amides is 1. The third-order valence-electron chi connectivity index (χ3n) is 5.10. The number of hydrogen-bond acceptors (Lipinski definition) is 3. The van der Waals surface area contributed by atoms with Crippen molar-refractivity contribution in [1.82, 2.24) is 25.7 Å². The van der Waals surface area contributed by atoms with E-state index in [4.69, 9.17) is 0 Å². The molecule has 0 unspecified atom stereocenters. The van der Waals surface area contributed by atoms with Gasteiger partial charge in [0.25, 0.3) is 0 Å². The van der Waals surface area contributed by atoms with Gasteiger partial charge >= 0.3 is 0 Å². The number of aromatic nitrogens is 2. The van der Waals surface area contributed by atoms with Gasteiger partial charge in [-0.05, 0) is 45.1 Å². The summed E-state index contributed by atoms with van der Waals surface area (Å²) in [4.78, 5) is 16.2. The molecule has 0 radical (unpaired) electrons. The maximum absolute atomic E-state index is 12.0. The number of aryl methyl sites for hydroxylation is 3. The lowest BCUT2D eigenvalue weighted by Crippen LogP contribution is -2.42. The summed E-state index contributed by atoms with van der Waals surface area (Å²) in [6.45, 7) is 7.11. The van der Waals surface area contributed by atoms with Crippen molar-refractivity contribution in [3.63, 3.8) is 0 Å². The predicted octanol–water partition coefficient (Wildman–Crippen LogP) is 2.76. The van der Waals surface area contributed by atoms with Gasteiger partial charge in [0.1, 0.15) is 0 Å². The molecule has 0 spiro atoms. The molecule has 8 heteroatoms. The molecule has 0 atom stereocenters. The van der Waals surface area contributed by atoms with Gasteiger partial charge < -0.3 is 16.0 Å². The van der Waals surface area contributed by atoms with E-state index in [1.54, 1.807) is 7.05 Å². The van der Waals surface area contributed by atoms with Crippen LogP contribution < -0.4 is 16.0 Å². The van der Waals surface area contributed by atoms with Gasteiger partial charge in [-0.3, -0.25) is 14.5 Å². The topological polar surface area (TPSA) is 83.3 Å². The van der Waals surface area contributed by atoms with E-state index in [1.807, 2.05) is 11.6 Å². The number of carbonyl (C=O) groups excluding carboxylic acids is 1. The Kier molecular flexibility index (Phi) is 12.2. The number of halogens is 1. The molecule has 1 aromatic heterocycles. The van der Waals surface area contributed by atoms with Crippen LogP contribution in [0, 0.1) is 19.8 Å². The number of nitrogens with one attached hydrogen (secondary N) is 3. The smallest absolute Gasteiger partial charge is 0.220 e. The van der Waals surface area contributed by atoms with Crippen molar-refractivity contribution in [2.24, 2.45) is 10.9 Å². The second-order valence-corrected chi connectivity index (χ2v) is 7.49. The van der Waals surface area contributed by atoms with Crippen molar-refractivity contribution in [3.05, 3.63) is 17.5 Å². The predicted molar refractivity (Wildman–Crippen MR) is 125 cm³/mol. The lowest BCUT2D eigenvalue weighted by atomic mass is 9.87. The Morgan fingerprint density at radius 1 is 1.14 bits per heavy atom. The zero-order valence-electron chi connectivity index (χ0n) is 17.6. The lowest BCUT2D eigenvalue weighted by Gasteiger charge is -2.20. The first kappa shape index (κ1) is 24.7. The molecular formula is C20H37IN6O. The molecule has 28 heavy (non-hydrogen) atoms. The highest BCUT2D eigenvalue weighted by Crippen LogP contribution is 2.25. The van der Waals surface area contributed by atoms with Gasteiger partial charge in [-0.2, -0.15) is 5.10 Å². The molecule has 0 bridgehead atoms. The number of guanidine groups is 1. The molecule has 1 saturated carbocycles. The van der Waals surface area contributed by atoms with Crippen LogP contribution in [0.15, 0.2) is 11.1 Å². The summed E-state index contributed by atoms with van der Waals surface area (Å²) >= 11 is 0.